The highest BCUT2D eigenvalue weighted by Crippen LogP contribution is 2.64. The van der Waals surface area contributed by atoms with Crippen LogP contribution in [0.2, 0.25) is 0 Å². The number of alkyl halides is 1. The first-order valence-electron chi connectivity index (χ1n) is 13.0. The summed E-state index contributed by atoms with van der Waals surface area (Å²) in [6.07, 6.45) is 10.2. The molecule has 0 bridgehead atoms. The van der Waals surface area contributed by atoms with Crippen molar-refractivity contribution in [3.05, 3.63) is 24.0 Å². The Balaban J connectivity index is 1.27. The molecule has 0 saturated heterocycles. The van der Waals surface area contributed by atoms with Gasteiger partial charge in [0.2, 0.25) is 0 Å². The molecule has 4 nitrogen and oxygen atoms in total. The lowest BCUT2D eigenvalue weighted by Gasteiger charge is -2.56. The molecule has 4 aliphatic carbocycles. The Hall–Kier alpha value is -1.69. The van der Waals surface area contributed by atoms with Gasteiger partial charge in [-0.3, -0.25) is 9.18 Å². The fourth-order valence-corrected chi connectivity index (χ4v) is 8.77. The highest BCUT2D eigenvalue weighted by Gasteiger charge is 2.58. The van der Waals surface area contributed by atoms with E-state index in [1.165, 1.54) is 42.8 Å². The van der Waals surface area contributed by atoms with Gasteiger partial charge in [-0.05, 0) is 117 Å². The van der Waals surface area contributed by atoms with Gasteiger partial charge in [-0.15, -0.1) is 0 Å². The minimum Gasteiger partial charge on any atom is -0.397 e. The fourth-order valence-electron chi connectivity index (χ4n) is 8.77. The summed E-state index contributed by atoms with van der Waals surface area (Å²) in [6.45, 7) is 2.30. The Morgan fingerprint density at radius 3 is 2.64 bits per heavy atom. The van der Waals surface area contributed by atoms with Gasteiger partial charge in [0, 0.05) is 5.92 Å². The molecule has 0 radical (unpaired) electrons. The molecule has 0 aliphatic heterocycles. The molecule has 0 spiro atoms. The summed E-state index contributed by atoms with van der Waals surface area (Å²) in [5, 5.41) is 1.38. The van der Waals surface area contributed by atoms with Crippen molar-refractivity contribution in [1.29, 1.82) is 0 Å². The maximum atomic E-state index is 13.5. The van der Waals surface area contributed by atoms with Crippen LogP contribution in [0.1, 0.15) is 64.7 Å². The molecule has 4 saturated carbocycles. The summed E-state index contributed by atoms with van der Waals surface area (Å²) < 4.78 is 26.7. The van der Waals surface area contributed by atoms with Crippen LogP contribution < -0.4 is 16.6 Å². The molecule has 1 aromatic rings. The summed E-state index contributed by atoms with van der Waals surface area (Å²) >= 11 is 0. The molecule has 4 aliphatic rings. The molecule has 0 heterocycles. The van der Waals surface area contributed by atoms with E-state index in [2.05, 4.69) is 6.92 Å². The molecule has 182 valence electrons. The lowest BCUT2D eigenvalue weighted by molar-refractivity contribution is -0.129. The van der Waals surface area contributed by atoms with Gasteiger partial charge in [0.15, 0.2) is 5.78 Å². The summed E-state index contributed by atoms with van der Waals surface area (Å²) in [5.41, 5.74) is 6.72. The number of hydrogen-bond acceptors (Lipinski definition) is 4. The third kappa shape index (κ3) is 3.96. The highest BCUT2D eigenvalue weighted by molar-refractivity contribution is 5.87. The highest BCUT2D eigenvalue weighted by atomic mass is 19.1. The minimum absolute atomic E-state index is 0.0242. The van der Waals surface area contributed by atoms with Gasteiger partial charge < -0.3 is 10.7 Å². The Kier molecular flexibility index (Phi) is 6.17. The first-order valence-corrected chi connectivity index (χ1v) is 13.0. The average molecular weight is 460 g/mol. The minimum atomic E-state index is -0.410. The van der Waals surface area contributed by atoms with Crippen molar-refractivity contribution in [2.24, 2.45) is 52.7 Å². The van der Waals surface area contributed by atoms with Gasteiger partial charge in [-0.25, -0.2) is 10.2 Å². The summed E-state index contributed by atoms with van der Waals surface area (Å²) in [6, 6.07) is 4.10. The van der Waals surface area contributed by atoms with Crippen LogP contribution in [0.5, 0.6) is 0 Å². The van der Waals surface area contributed by atoms with Gasteiger partial charge >= 0.3 is 0 Å². The number of fused-ring (bicyclic) bond motifs is 5. The predicted molar refractivity (Wildman–Crippen MR) is 127 cm³/mol. The smallest absolute Gasteiger partial charge is 0.157 e. The van der Waals surface area contributed by atoms with Crippen molar-refractivity contribution >= 4 is 17.2 Å². The molecule has 1 aromatic carbocycles. The molecule has 6 heteroatoms. The molecule has 33 heavy (non-hydrogen) atoms. The maximum absolute atomic E-state index is 13.5. The number of nitrogens with zero attached hydrogens (tertiary/aromatic N) is 1. The normalized spacial score (nSPS) is 39.9. The molecular weight excluding hydrogens is 420 g/mol. The second kappa shape index (κ2) is 8.83. The third-order valence-electron chi connectivity index (χ3n) is 10.3. The van der Waals surface area contributed by atoms with Gasteiger partial charge in [0.25, 0.3) is 0 Å². The van der Waals surface area contributed by atoms with E-state index in [0.717, 1.165) is 49.9 Å². The van der Waals surface area contributed by atoms with Crippen LogP contribution >= 0.6 is 0 Å². The van der Waals surface area contributed by atoms with E-state index >= 15 is 0 Å². The monoisotopic (exact) mass is 459 g/mol. The van der Waals surface area contributed by atoms with Gasteiger partial charge in [0.05, 0.1) is 24.6 Å². The second-order valence-corrected chi connectivity index (χ2v) is 11.7. The number of Topliss-reactive ketones (excluding diaryl/α,β-unsaturated/α-hetero) is 1. The number of rotatable bonds is 5. The Morgan fingerprint density at radius 2 is 1.88 bits per heavy atom. The molecule has 8 atom stereocenters. The quantitative estimate of drug-likeness (QED) is 0.346. The standard InChI is InChI=1S/C27H39F2N3O/c1-27-11-10-20-19-5-2-16(14-28)12-17(19)3-6-21(20)22(27)7-8-23(27)26(33)15-32(31)25-9-4-18(29)13-24(25)30/h4,9,13,16-17,19-23H,2-3,5-8,10-12,14-15,30-31H2,1H3. The van der Waals surface area contributed by atoms with E-state index in [9.17, 15) is 13.6 Å². The molecule has 4 fully saturated rings. The summed E-state index contributed by atoms with van der Waals surface area (Å²) in [4.78, 5) is 13.5. The number of ketones is 1. The number of hydrogen-bond donors (Lipinski definition) is 2. The summed E-state index contributed by atoms with van der Waals surface area (Å²) in [5.74, 6) is 9.87. The van der Waals surface area contributed by atoms with Crippen molar-refractivity contribution < 1.29 is 13.6 Å². The zero-order valence-electron chi connectivity index (χ0n) is 19.8. The number of carbonyl (C=O) groups excluding carboxylic acids is 1. The van der Waals surface area contributed by atoms with Crippen LogP contribution in [0.4, 0.5) is 20.2 Å². The van der Waals surface area contributed by atoms with Crippen LogP contribution in [0.15, 0.2) is 18.2 Å². The molecule has 0 aromatic heterocycles. The number of benzene rings is 1. The lowest BCUT2D eigenvalue weighted by Crippen LogP contribution is -2.50. The Bertz CT molecular complexity index is 894. The van der Waals surface area contributed by atoms with Crippen molar-refractivity contribution in [2.75, 3.05) is 24.0 Å². The Morgan fingerprint density at radius 1 is 1.09 bits per heavy atom. The van der Waals surface area contributed by atoms with Crippen molar-refractivity contribution in [1.82, 2.24) is 0 Å². The number of carbonyl (C=O) groups is 1. The fraction of sp³-hybridized carbons (Fsp3) is 0.741. The van der Waals surface area contributed by atoms with Crippen LogP contribution in [-0.4, -0.2) is 19.0 Å². The molecular formula is C27H39F2N3O. The van der Waals surface area contributed by atoms with E-state index < -0.39 is 5.82 Å². The first-order chi connectivity index (χ1) is 15.8. The number of nitrogen functional groups attached to an aromatic ring is 1. The number of nitrogens with two attached hydrogens (primary N) is 2. The van der Waals surface area contributed by atoms with Crippen molar-refractivity contribution in [3.8, 4) is 0 Å². The van der Waals surface area contributed by atoms with E-state index in [1.54, 1.807) is 6.07 Å². The predicted octanol–water partition coefficient (Wildman–Crippen LogP) is 5.51. The largest absolute Gasteiger partial charge is 0.397 e. The van der Waals surface area contributed by atoms with Crippen LogP contribution in [-0.2, 0) is 4.79 Å². The summed E-state index contributed by atoms with van der Waals surface area (Å²) in [7, 11) is 0. The van der Waals surface area contributed by atoms with Crippen LogP contribution in [0.3, 0.4) is 0 Å². The molecule has 4 N–H and O–H groups in total. The SMILES string of the molecule is CC12CCC3C4CCC(CF)CC4CCC3C1CCC2C(=O)CN(N)c1ccc(F)cc1N. The third-order valence-corrected chi connectivity index (χ3v) is 10.3. The zero-order chi connectivity index (χ0) is 23.3. The molecule has 0 amide bonds. The number of anilines is 2. The topological polar surface area (TPSA) is 72.3 Å². The van der Waals surface area contributed by atoms with Gasteiger partial charge in [0.1, 0.15) is 5.82 Å². The van der Waals surface area contributed by atoms with E-state index in [4.69, 9.17) is 11.6 Å². The second-order valence-electron chi connectivity index (χ2n) is 11.7. The van der Waals surface area contributed by atoms with E-state index in [0.29, 0.717) is 23.4 Å². The van der Waals surface area contributed by atoms with E-state index in [1.807, 2.05) is 0 Å². The van der Waals surface area contributed by atoms with Crippen LogP contribution in [0.25, 0.3) is 0 Å². The molecule has 5 rings (SSSR count). The van der Waals surface area contributed by atoms with Crippen molar-refractivity contribution in [3.63, 3.8) is 0 Å². The van der Waals surface area contributed by atoms with Gasteiger partial charge in [-0.2, -0.15) is 0 Å². The number of halogens is 2. The average Bonchev–Trinajstić information content (AvgIpc) is 3.15. The first kappa shape index (κ1) is 23.1. The van der Waals surface area contributed by atoms with Crippen LogP contribution in [0, 0.1) is 52.7 Å². The van der Waals surface area contributed by atoms with E-state index in [-0.39, 0.29) is 36.0 Å². The molecule has 8 unspecified atom stereocenters. The lowest BCUT2D eigenvalue weighted by atomic mass is 9.49. The zero-order valence-corrected chi connectivity index (χ0v) is 19.8. The number of hydrazine groups is 1. The van der Waals surface area contributed by atoms with Gasteiger partial charge in [-0.1, -0.05) is 6.92 Å². The Labute approximate surface area is 196 Å². The van der Waals surface area contributed by atoms with Crippen molar-refractivity contribution in [2.45, 2.75) is 64.7 Å². The maximum Gasteiger partial charge on any atom is 0.157 e.